The Morgan fingerprint density at radius 3 is 2.56 bits per heavy atom. The Bertz CT molecular complexity index is 1510. The summed E-state index contributed by atoms with van der Waals surface area (Å²) in [5.41, 5.74) is 2.36. The number of likely N-dealkylation sites (N-methyl/N-ethyl adjacent to an activating group) is 1. The van der Waals surface area contributed by atoms with Gasteiger partial charge < -0.3 is 28.8 Å². The molecule has 39 heavy (non-hydrogen) atoms. The summed E-state index contributed by atoms with van der Waals surface area (Å²) >= 11 is 0. The SMILES string of the molecule is C=CC(=O)N1CC(Oc2cc3c(Nc4cc(-c5ccco5)ccc4OC4CN(C)C4)ncnc3cc2OC)C1. The number of carbonyl (C=O) groups is 1. The van der Waals surface area contributed by atoms with Crippen LogP contribution < -0.4 is 19.5 Å². The van der Waals surface area contributed by atoms with Crippen molar-refractivity contribution >= 4 is 28.3 Å². The minimum atomic E-state index is -0.146. The fourth-order valence-corrected chi connectivity index (χ4v) is 4.77. The fraction of sp³-hybridized carbons (Fsp3) is 0.276. The van der Waals surface area contributed by atoms with Gasteiger partial charge in [-0.15, -0.1) is 0 Å². The zero-order valence-corrected chi connectivity index (χ0v) is 21.8. The third-order valence-corrected chi connectivity index (χ3v) is 6.91. The van der Waals surface area contributed by atoms with Gasteiger partial charge in [-0.3, -0.25) is 9.69 Å². The van der Waals surface area contributed by atoms with Crippen LogP contribution in [0.2, 0.25) is 0 Å². The topological polar surface area (TPSA) is 102 Å². The zero-order valence-electron chi connectivity index (χ0n) is 21.8. The molecule has 2 aliphatic rings. The Morgan fingerprint density at radius 2 is 1.85 bits per heavy atom. The number of fused-ring (bicyclic) bond motifs is 1. The number of likely N-dealkylation sites (tertiary alicyclic amines) is 2. The van der Waals surface area contributed by atoms with E-state index in [9.17, 15) is 4.79 Å². The minimum absolute atomic E-state index is 0.108. The van der Waals surface area contributed by atoms with Crippen molar-refractivity contribution in [3.63, 3.8) is 0 Å². The fourth-order valence-electron chi connectivity index (χ4n) is 4.77. The second-order valence-corrected chi connectivity index (χ2v) is 9.70. The van der Waals surface area contributed by atoms with E-state index in [0.29, 0.717) is 35.9 Å². The first-order valence-electron chi connectivity index (χ1n) is 12.7. The highest BCUT2D eigenvalue weighted by atomic mass is 16.5. The molecular formula is C29H29N5O5. The van der Waals surface area contributed by atoms with Crippen LogP contribution in [0.25, 0.3) is 22.2 Å². The molecule has 200 valence electrons. The Hall–Kier alpha value is -4.57. The maximum atomic E-state index is 11.8. The molecule has 4 aromatic rings. The van der Waals surface area contributed by atoms with Crippen LogP contribution in [0.3, 0.4) is 0 Å². The molecule has 4 heterocycles. The highest BCUT2D eigenvalue weighted by Crippen LogP contribution is 2.39. The van der Waals surface area contributed by atoms with Crippen LogP contribution in [0, 0.1) is 0 Å². The first kappa shape index (κ1) is 24.7. The van der Waals surface area contributed by atoms with E-state index in [2.05, 4.69) is 33.8 Å². The van der Waals surface area contributed by atoms with Gasteiger partial charge in [0.1, 0.15) is 35.9 Å². The molecule has 10 heteroatoms. The van der Waals surface area contributed by atoms with Crippen molar-refractivity contribution in [2.24, 2.45) is 0 Å². The number of anilines is 2. The number of nitrogens with zero attached hydrogens (tertiary/aromatic N) is 4. The van der Waals surface area contributed by atoms with E-state index in [1.54, 1.807) is 18.3 Å². The second kappa shape index (κ2) is 10.3. The average Bonchev–Trinajstić information content (AvgIpc) is 3.45. The number of carbonyl (C=O) groups excluding carboxylic acids is 1. The molecule has 0 radical (unpaired) electrons. The first-order chi connectivity index (χ1) is 19.0. The molecule has 0 saturated carbocycles. The van der Waals surface area contributed by atoms with E-state index in [-0.39, 0.29) is 18.1 Å². The molecule has 2 aliphatic heterocycles. The number of hydrogen-bond donors (Lipinski definition) is 1. The maximum absolute atomic E-state index is 11.8. The zero-order chi connectivity index (χ0) is 26.9. The van der Waals surface area contributed by atoms with Gasteiger partial charge in [0, 0.05) is 30.1 Å². The molecule has 6 rings (SSSR count). The van der Waals surface area contributed by atoms with Crippen molar-refractivity contribution in [2.75, 3.05) is 45.7 Å². The quantitative estimate of drug-likeness (QED) is 0.322. The summed E-state index contributed by atoms with van der Waals surface area (Å²) in [6.45, 7) is 6.25. The number of aromatic nitrogens is 2. The second-order valence-electron chi connectivity index (χ2n) is 9.70. The van der Waals surface area contributed by atoms with E-state index >= 15 is 0 Å². The van der Waals surface area contributed by atoms with Crippen molar-refractivity contribution in [3.8, 4) is 28.6 Å². The Balaban J connectivity index is 1.32. The number of rotatable bonds is 9. The normalized spacial score (nSPS) is 15.9. The summed E-state index contributed by atoms with van der Waals surface area (Å²) < 4.78 is 23.7. The Labute approximate surface area is 225 Å². The van der Waals surface area contributed by atoms with Gasteiger partial charge in [0.25, 0.3) is 0 Å². The van der Waals surface area contributed by atoms with E-state index in [0.717, 1.165) is 41.2 Å². The molecule has 0 bridgehead atoms. The van der Waals surface area contributed by atoms with Crippen molar-refractivity contribution in [2.45, 2.75) is 12.2 Å². The number of ether oxygens (including phenoxy) is 3. The smallest absolute Gasteiger partial charge is 0.246 e. The maximum Gasteiger partial charge on any atom is 0.246 e. The van der Waals surface area contributed by atoms with Gasteiger partial charge in [0.15, 0.2) is 11.5 Å². The lowest BCUT2D eigenvalue weighted by molar-refractivity contribution is -0.134. The molecule has 0 atom stereocenters. The van der Waals surface area contributed by atoms with Gasteiger partial charge >= 0.3 is 0 Å². The van der Waals surface area contributed by atoms with E-state index in [1.807, 2.05) is 42.5 Å². The summed E-state index contributed by atoms with van der Waals surface area (Å²) in [4.78, 5) is 24.7. The third kappa shape index (κ3) is 4.98. The van der Waals surface area contributed by atoms with Gasteiger partial charge in [-0.1, -0.05) is 6.58 Å². The van der Waals surface area contributed by atoms with Gasteiger partial charge in [0.05, 0.1) is 37.7 Å². The van der Waals surface area contributed by atoms with Gasteiger partial charge in [-0.05, 0) is 49.5 Å². The van der Waals surface area contributed by atoms with Crippen LogP contribution in [-0.4, -0.2) is 78.2 Å². The highest BCUT2D eigenvalue weighted by molar-refractivity contribution is 5.94. The van der Waals surface area contributed by atoms with Crippen molar-refractivity contribution < 1.29 is 23.4 Å². The van der Waals surface area contributed by atoms with Gasteiger partial charge in [0.2, 0.25) is 5.91 Å². The van der Waals surface area contributed by atoms with Gasteiger partial charge in [-0.25, -0.2) is 9.97 Å². The lowest BCUT2D eigenvalue weighted by Crippen LogP contribution is -2.55. The lowest BCUT2D eigenvalue weighted by Gasteiger charge is -2.38. The predicted octanol–water partition coefficient (Wildman–Crippen LogP) is 4.11. The average molecular weight is 528 g/mol. The highest BCUT2D eigenvalue weighted by Gasteiger charge is 2.32. The molecule has 1 amide bonds. The van der Waals surface area contributed by atoms with Gasteiger partial charge in [-0.2, -0.15) is 0 Å². The molecule has 0 spiro atoms. The number of hydrogen-bond acceptors (Lipinski definition) is 9. The number of nitrogens with one attached hydrogen (secondary N) is 1. The molecule has 0 unspecified atom stereocenters. The van der Waals surface area contributed by atoms with Crippen LogP contribution in [0.15, 0.2) is 72.1 Å². The van der Waals surface area contributed by atoms with Crippen LogP contribution in [0.4, 0.5) is 11.5 Å². The number of methoxy groups -OCH3 is 1. The number of benzene rings is 2. The Kier molecular flexibility index (Phi) is 6.54. The minimum Gasteiger partial charge on any atom is -0.493 e. The lowest BCUT2D eigenvalue weighted by atomic mass is 10.1. The third-order valence-electron chi connectivity index (χ3n) is 6.91. The summed E-state index contributed by atoms with van der Waals surface area (Å²) in [6, 6.07) is 13.4. The standard InChI is InChI=1S/C29H29N5O5/c1-4-28(35)34-15-20(16-34)39-27-11-21-22(12-26(27)36-3)30-17-31-29(21)32-23-10-18(24-6-5-9-37-24)7-8-25(23)38-19-13-33(2)14-19/h4-12,17,19-20H,1,13-16H2,2-3H3,(H,30,31,32). The Morgan fingerprint density at radius 1 is 1.05 bits per heavy atom. The summed E-state index contributed by atoms with van der Waals surface area (Å²) in [5.74, 6) is 3.07. The molecular weight excluding hydrogens is 498 g/mol. The number of amides is 1. The molecule has 2 aromatic carbocycles. The molecule has 10 nitrogen and oxygen atoms in total. The molecule has 2 aromatic heterocycles. The summed E-state index contributed by atoms with van der Waals surface area (Å²) in [6.07, 6.45) is 4.44. The number of furan rings is 1. The summed E-state index contributed by atoms with van der Waals surface area (Å²) in [5, 5.41) is 4.22. The predicted molar refractivity (Wildman–Crippen MR) is 147 cm³/mol. The van der Waals surface area contributed by atoms with Crippen LogP contribution >= 0.6 is 0 Å². The van der Waals surface area contributed by atoms with Crippen molar-refractivity contribution in [1.82, 2.24) is 19.8 Å². The monoisotopic (exact) mass is 527 g/mol. The first-order valence-corrected chi connectivity index (χ1v) is 12.7. The van der Waals surface area contributed by atoms with Crippen LogP contribution in [0.5, 0.6) is 17.2 Å². The molecule has 0 aliphatic carbocycles. The summed E-state index contributed by atoms with van der Waals surface area (Å²) in [7, 11) is 3.66. The molecule has 1 N–H and O–H groups in total. The van der Waals surface area contributed by atoms with E-state index in [4.69, 9.17) is 18.6 Å². The van der Waals surface area contributed by atoms with Crippen LogP contribution in [0.1, 0.15) is 0 Å². The molecule has 2 fully saturated rings. The van der Waals surface area contributed by atoms with Crippen molar-refractivity contribution in [3.05, 3.63) is 67.7 Å². The van der Waals surface area contributed by atoms with E-state index < -0.39 is 0 Å². The largest absolute Gasteiger partial charge is 0.493 e. The molecule has 2 saturated heterocycles. The van der Waals surface area contributed by atoms with Crippen molar-refractivity contribution in [1.29, 1.82) is 0 Å². The van der Waals surface area contributed by atoms with E-state index in [1.165, 1.54) is 12.4 Å². The van der Waals surface area contributed by atoms with Crippen LogP contribution in [-0.2, 0) is 4.79 Å².